The second kappa shape index (κ2) is 9.46. The maximum atomic E-state index is 12.7. The third kappa shape index (κ3) is 5.00. The summed E-state index contributed by atoms with van der Waals surface area (Å²) < 4.78 is 0. The number of nitrogens with zero attached hydrogens (tertiary/aromatic N) is 3. The molecule has 0 spiro atoms. The van der Waals surface area contributed by atoms with E-state index >= 15 is 0 Å². The summed E-state index contributed by atoms with van der Waals surface area (Å²) in [5.74, 6) is 1.05. The fourth-order valence-corrected chi connectivity index (χ4v) is 4.93. The molecule has 1 fully saturated rings. The minimum absolute atomic E-state index is 0.0498. The predicted molar refractivity (Wildman–Crippen MR) is 117 cm³/mol. The number of fused-ring (bicyclic) bond motifs is 1. The van der Waals surface area contributed by atoms with Crippen LogP contribution in [0.15, 0.2) is 59.5 Å². The number of carbonyl (C=O) groups is 2. The zero-order valence-corrected chi connectivity index (χ0v) is 17.4. The third-order valence-electron chi connectivity index (χ3n) is 5.56. The SMILES string of the molecule is O=C(CCC(=O)N1CCSc2ccccc21)N1CCN(Cc2ccccc2)CC1. The summed E-state index contributed by atoms with van der Waals surface area (Å²) in [5.41, 5.74) is 2.29. The van der Waals surface area contributed by atoms with E-state index in [2.05, 4.69) is 35.2 Å². The average molecular weight is 410 g/mol. The highest BCUT2D eigenvalue weighted by Gasteiger charge is 2.25. The Bertz CT molecular complexity index is 850. The molecule has 2 aromatic rings. The lowest BCUT2D eigenvalue weighted by atomic mass is 10.2. The van der Waals surface area contributed by atoms with E-state index in [0.717, 1.165) is 49.1 Å². The fourth-order valence-electron chi connectivity index (χ4n) is 3.93. The van der Waals surface area contributed by atoms with Gasteiger partial charge in [-0.1, -0.05) is 42.5 Å². The number of rotatable bonds is 5. The highest BCUT2D eigenvalue weighted by atomic mass is 32.2. The van der Waals surface area contributed by atoms with Gasteiger partial charge in [-0.05, 0) is 17.7 Å². The molecule has 2 heterocycles. The number of piperazine rings is 1. The monoisotopic (exact) mass is 409 g/mol. The van der Waals surface area contributed by atoms with Gasteiger partial charge in [0.25, 0.3) is 0 Å². The Balaban J connectivity index is 1.24. The molecule has 0 bridgehead atoms. The van der Waals surface area contributed by atoms with Crippen molar-refractivity contribution in [1.82, 2.24) is 9.80 Å². The lowest BCUT2D eigenvalue weighted by molar-refractivity contribution is -0.134. The lowest BCUT2D eigenvalue weighted by Crippen LogP contribution is -2.48. The zero-order chi connectivity index (χ0) is 20.1. The number of carbonyl (C=O) groups excluding carboxylic acids is 2. The molecule has 0 aliphatic carbocycles. The van der Waals surface area contributed by atoms with Gasteiger partial charge in [0.15, 0.2) is 0 Å². The second-order valence-corrected chi connectivity index (χ2v) is 8.64. The van der Waals surface area contributed by atoms with E-state index in [-0.39, 0.29) is 18.2 Å². The summed E-state index contributed by atoms with van der Waals surface area (Å²) in [6, 6.07) is 18.4. The van der Waals surface area contributed by atoms with E-state index in [1.54, 1.807) is 11.8 Å². The van der Waals surface area contributed by atoms with E-state index in [9.17, 15) is 9.59 Å². The second-order valence-electron chi connectivity index (χ2n) is 7.50. The number of benzene rings is 2. The molecule has 0 N–H and O–H groups in total. The standard InChI is InChI=1S/C23H27N3O2S/c27-22(25-14-12-24(13-15-25)18-19-6-2-1-3-7-19)10-11-23(28)26-16-17-29-21-9-5-4-8-20(21)26/h1-9H,10-18H2. The number of anilines is 1. The number of para-hydroxylation sites is 1. The van der Waals surface area contributed by atoms with Crippen molar-refractivity contribution in [1.29, 1.82) is 0 Å². The molecule has 0 radical (unpaired) electrons. The minimum atomic E-state index is 0.0498. The molecular weight excluding hydrogens is 382 g/mol. The van der Waals surface area contributed by atoms with Crippen molar-refractivity contribution in [3.63, 3.8) is 0 Å². The maximum Gasteiger partial charge on any atom is 0.227 e. The van der Waals surface area contributed by atoms with Gasteiger partial charge in [0.05, 0.1) is 5.69 Å². The zero-order valence-electron chi connectivity index (χ0n) is 16.6. The number of hydrogen-bond acceptors (Lipinski definition) is 4. The van der Waals surface area contributed by atoms with E-state index < -0.39 is 0 Å². The summed E-state index contributed by atoms with van der Waals surface area (Å²) in [7, 11) is 0. The van der Waals surface area contributed by atoms with Crippen LogP contribution >= 0.6 is 11.8 Å². The first kappa shape index (κ1) is 20.0. The predicted octanol–water partition coefficient (Wildman–Crippen LogP) is 3.25. The smallest absolute Gasteiger partial charge is 0.227 e. The Morgan fingerprint density at radius 2 is 1.48 bits per heavy atom. The Labute approximate surface area is 176 Å². The van der Waals surface area contributed by atoms with Crippen molar-refractivity contribution in [3.05, 3.63) is 60.2 Å². The van der Waals surface area contributed by atoms with Gasteiger partial charge in [0.2, 0.25) is 11.8 Å². The van der Waals surface area contributed by atoms with Crippen molar-refractivity contribution in [2.45, 2.75) is 24.3 Å². The molecular formula is C23H27N3O2S. The number of amides is 2. The van der Waals surface area contributed by atoms with Crippen molar-refractivity contribution < 1.29 is 9.59 Å². The highest BCUT2D eigenvalue weighted by molar-refractivity contribution is 7.99. The fraction of sp³-hybridized carbons (Fsp3) is 0.391. The molecule has 0 unspecified atom stereocenters. The first-order valence-corrected chi connectivity index (χ1v) is 11.3. The van der Waals surface area contributed by atoms with E-state index in [1.807, 2.05) is 34.1 Å². The largest absolute Gasteiger partial charge is 0.340 e. The minimum Gasteiger partial charge on any atom is -0.340 e. The molecule has 0 atom stereocenters. The quantitative estimate of drug-likeness (QED) is 0.760. The molecule has 1 saturated heterocycles. The molecule has 2 aliphatic heterocycles. The van der Waals surface area contributed by atoms with Crippen LogP contribution in [-0.4, -0.2) is 60.1 Å². The van der Waals surface area contributed by atoms with Crippen LogP contribution in [0, 0.1) is 0 Å². The van der Waals surface area contributed by atoms with Gasteiger partial charge < -0.3 is 9.80 Å². The van der Waals surface area contributed by atoms with Gasteiger partial charge in [-0.25, -0.2) is 0 Å². The Hall–Kier alpha value is -2.31. The summed E-state index contributed by atoms with van der Waals surface area (Å²) in [4.78, 5) is 32.7. The molecule has 0 saturated carbocycles. The van der Waals surface area contributed by atoms with Crippen LogP contribution in [0.25, 0.3) is 0 Å². The van der Waals surface area contributed by atoms with Crippen LogP contribution in [0.5, 0.6) is 0 Å². The van der Waals surface area contributed by atoms with Crippen LogP contribution in [0.2, 0.25) is 0 Å². The summed E-state index contributed by atoms with van der Waals surface area (Å²) >= 11 is 1.78. The molecule has 2 aliphatic rings. The van der Waals surface area contributed by atoms with Gasteiger partial charge >= 0.3 is 0 Å². The molecule has 2 amide bonds. The van der Waals surface area contributed by atoms with Crippen LogP contribution in [0.3, 0.4) is 0 Å². The van der Waals surface area contributed by atoms with Crippen LogP contribution in [0.4, 0.5) is 5.69 Å². The molecule has 4 rings (SSSR count). The van der Waals surface area contributed by atoms with Crippen LogP contribution in [0.1, 0.15) is 18.4 Å². The van der Waals surface area contributed by atoms with Gasteiger partial charge in [-0.2, -0.15) is 0 Å². The Kier molecular flexibility index (Phi) is 6.52. The van der Waals surface area contributed by atoms with Gasteiger partial charge in [-0.3, -0.25) is 14.5 Å². The van der Waals surface area contributed by atoms with E-state index in [1.165, 1.54) is 5.56 Å². The molecule has 5 nitrogen and oxygen atoms in total. The van der Waals surface area contributed by atoms with Gasteiger partial charge in [0, 0.05) is 62.8 Å². The summed E-state index contributed by atoms with van der Waals surface area (Å²) in [6.45, 7) is 4.88. The average Bonchev–Trinajstić information content (AvgIpc) is 2.78. The molecule has 29 heavy (non-hydrogen) atoms. The van der Waals surface area contributed by atoms with Gasteiger partial charge in [0.1, 0.15) is 0 Å². The maximum absolute atomic E-state index is 12.7. The van der Waals surface area contributed by atoms with Crippen LogP contribution in [-0.2, 0) is 16.1 Å². The summed E-state index contributed by atoms with van der Waals surface area (Å²) in [6.07, 6.45) is 0.575. The Morgan fingerprint density at radius 1 is 0.793 bits per heavy atom. The number of thioether (sulfide) groups is 1. The number of hydrogen-bond donors (Lipinski definition) is 0. The normalized spacial score (nSPS) is 17.1. The first-order chi connectivity index (χ1) is 14.2. The van der Waals surface area contributed by atoms with Crippen LogP contribution < -0.4 is 4.90 Å². The van der Waals surface area contributed by atoms with E-state index in [4.69, 9.17) is 0 Å². The topological polar surface area (TPSA) is 43.9 Å². The van der Waals surface area contributed by atoms with Crippen molar-refractivity contribution >= 4 is 29.3 Å². The van der Waals surface area contributed by atoms with Crippen molar-refractivity contribution in [3.8, 4) is 0 Å². The molecule has 6 heteroatoms. The van der Waals surface area contributed by atoms with Crippen molar-refractivity contribution in [2.24, 2.45) is 0 Å². The Morgan fingerprint density at radius 3 is 2.28 bits per heavy atom. The first-order valence-electron chi connectivity index (χ1n) is 10.3. The molecule has 152 valence electrons. The van der Waals surface area contributed by atoms with Gasteiger partial charge in [-0.15, -0.1) is 11.8 Å². The molecule has 2 aromatic carbocycles. The third-order valence-corrected chi connectivity index (χ3v) is 6.60. The van der Waals surface area contributed by atoms with E-state index in [0.29, 0.717) is 13.0 Å². The lowest BCUT2D eigenvalue weighted by Gasteiger charge is -2.35. The highest BCUT2D eigenvalue weighted by Crippen LogP contribution is 2.34. The summed E-state index contributed by atoms with van der Waals surface area (Å²) in [5, 5.41) is 0. The van der Waals surface area contributed by atoms with Crippen molar-refractivity contribution in [2.75, 3.05) is 43.4 Å². The molecule has 0 aromatic heterocycles.